The first kappa shape index (κ1) is 15.3. The molecule has 21 heavy (non-hydrogen) atoms. The van der Waals surface area contributed by atoms with E-state index in [2.05, 4.69) is 15.0 Å². The SMILES string of the molecule is COCCc1nc(-c2ccccc2)nc(N(C)COC)n1. The van der Waals surface area contributed by atoms with E-state index in [0.29, 0.717) is 37.4 Å². The van der Waals surface area contributed by atoms with E-state index >= 15 is 0 Å². The van der Waals surface area contributed by atoms with Gasteiger partial charge in [-0.2, -0.15) is 9.97 Å². The normalized spacial score (nSPS) is 10.6. The Morgan fingerprint density at radius 2 is 1.76 bits per heavy atom. The van der Waals surface area contributed by atoms with E-state index in [0.717, 1.165) is 5.56 Å². The maximum Gasteiger partial charge on any atom is 0.230 e. The van der Waals surface area contributed by atoms with Crippen molar-refractivity contribution in [3.63, 3.8) is 0 Å². The van der Waals surface area contributed by atoms with Crippen LogP contribution >= 0.6 is 0 Å². The van der Waals surface area contributed by atoms with Crippen molar-refractivity contribution in [1.29, 1.82) is 0 Å². The minimum Gasteiger partial charge on any atom is -0.384 e. The minimum atomic E-state index is 0.419. The van der Waals surface area contributed by atoms with Gasteiger partial charge in [0.2, 0.25) is 5.95 Å². The van der Waals surface area contributed by atoms with Crippen molar-refractivity contribution < 1.29 is 9.47 Å². The predicted octanol–water partition coefficient (Wildman–Crippen LogP) is 1.77. The van der Waals surface area contributed by atoms with Crippen molar-refractivity contribution in [2.75, 3.05) is 39.5 Å². The fourth-order valence-electron chi connectivity index (χ4n) is 1.85. The number of benzene rings is 1. The first-order valence-corrected chi connectivity index (χ1v) is 6.74. The molecule has 0 N–H and O–H groups in total. The second-order valence-corrected chi connectivity index (χ2v) is 4.60. The van der Waals surface area contributed by atoms with Gasteiger partial charge < -0.3 is 14.4 Å². The summed E-state index contributed by atoms with van der Waals surface area (Å²) in [7, 11) is 5.19. The molecule has 0 aliphatic rings. The van der Waals surface area contributed by atoms with Gasteiger partial charge in [-0.15, -0.1) is 0 Å². The number of ether oxygens (including phenoxy) is 2. The molecule has 6 heteroatoms. The Bertz CT molecular complexity index is 563. The van der Waals surface area contributed by atoms with Gasteiger partial charge in [-0.05, 0) is 0 Å². The Hall–Kier alpha value is -2.05. The highest BCUT2D eigenvalue weighted by atomic mass is 16.5. The third kappa shape index (κ3) is 4.21. The molecule has 0 unspecified atom stereocenters. The zero-order valence-electron chi connectivity index (χ0n) is 12.6. The number of rotatable bonds is 7. The molecule has 0 amide bonds. The van der Waals surface area contributed by atoms with E-state index < -0.39 is 0 Å². The average Bonchev–Trinajstić information content (AvgIpc) is 2.53. The van der Waals surface area contributed by atoms with Crippen LogP contribution < -0.4 is 4.90 Å². The molecule has 1 heterocycles. The van der Waals surface area contributed by atoms with Gasteiger partial charge in [0, 0.05) is 33.3 Å². The fourth-order valence-corrected chi connectivity index (χ4v) is 1.85. The summed E-state index contributed by atoms with van der Waals surface area (Å²) in [5.41, 5.74) is 0.964. The van der Waals surface area contributed by atoms with Crippen LogP contribution in [0.1, 0.15) is 5.82 Å². The summed E-state index contributed by atoms with van der Waals surface area (Å²) in [6, 6.07) is 9.86. The van der Waals surface area contributed by atoms with Crippen LogP contribution in [0.5, 0.6) is 0 Å². The quantitative estimate of drug-likeness (QED) is 0.724. The van der Waals surface area contributed by atoms with Crippen LogP contribution in [0.2, 0.25) is 0 Å². The van der Waals surface area contributed by atoms with Crippen molar-refractivity contribution in [1.82, 2.24) is 15.0 Å². The van der Waals surface area contributed by atoms with Crippen molar-refractivity contribution in [2.45, 2.75) is 6.42 Å². The molecule has 2 rings (SSSR count). The van der Waals surface area contributed by atoms with Gasteiger partial charge in [-0.3, -0.25) is 0 Å². The lowest BCUT2D eigenvalue weighted by atomic mass is 10.2. The molecule has 1 aromatic carbocycles. The van der Waals surface area contributed by atoms with Crippen LogP contribution in [0, 0.1) is 0 Å². The number of anilines is 1. The Balaban J connectivity index is 2.37. The van der Waals surface area contributed by atoms with Crippen molar-refractivity contribution in [3.05, 3.63) is 36.2 Å². The second kappa shape index (κ2) is 7.66. The maximum absolute atomic E-state index is 5.13. The zero-order chi connectivity index (χ0) is 15.1. The summed E-state index contributed by atoms with van der Waals surface area (Å²) in [4.78, 5) is 15.3. The summed E-state index contributed by atoms with van der Waals surface area (Å²) in [6.07, 6.45) is 0.646. The lowest BCUT2D eigenvalue weighted by Crippen LogP contribution is -2.23. The van der Waals surface area contributed by atoms with Gasteiger partial charge in [0.25, 0.3) is 0 Å². The minimum absolute atomic E-state index is 0.419. The van der Waals surface area contributed by atoms with Crippen LogP contribution in [0.25, 0.3) is 11.4 Å². The van der Waals surface area contributed by atoms with Gasteiger partial charge in [-0.25, -0.2) is 4.98 Å². The molecule has 0 aliphatic carbocycles. The van der Waals surface area contributed by atoms with E-state index in [9.17, 15) is 0 Å². The van der Waals surface area contributed by atoms with E-state index in [1.54, 1.807) is 14.2 Å². The molecular formula is C15H20N4O2. The lowest BCUT2D eigenvalue weighted by Gasteiger charge is -2.17. The number of aromatic nitrogens is 3. The summed E-state index contributed by atoms with van der Waals surface area (Å²) in [5.74, 6) is 1.97. The highest BCUT2D eigenvalue weighted by molar-refractivity contribution is 5.56. The Morgan fingerprint density at radius 3 is 2.43 bits per heavy atom. The predicted molar refractivity (Wildman–Crippen MR) is 81.1 cm³/mol. The van der Waals surface area contributed by atoms with Crippen LogP contribution in [0.15, 0.2) is 30.3 Å². The van der Waals surface area contributed by atoms with E-state index in [-0.39, 0.29) is 0 Å². The highest BCUT2D eigenvalue weighted by Gasteiger charge is 2.11. The molecule has 0 fully saturated rings. The van der Waals surface area contributed by atoms with Crippen molar-refractivity contribution in [3.8, 4) is 11.4 Å². The standard InChI is InChI=1S/C15H20N4O2/c1-19(11-21-3)15-17-13(9-10-20-2)16-14(18-15)12-7-5-4-6-8-12/h4-8H,9-11H2,1-3H3. The topological polar surface area (TPSA) is 60.4 Å². The van der Waals surface area contributed by atoms with Gasteiger partial charge in [-0.1, -0.05) is 30.3 Å². The molecule has 6 nitrogen and oxygen atoms in total. The number of hydrogen-bond donors (Lipinski definition) is 0. The molecule has 112 valence electrons. The van der Waals surface area contributed by atoms with E-state index in [4.69, 9.17) is 9.47 Å². The van der Waals surface area contributed by atoms with Gasteiger partial charge >= 0.3 is 0 Å². The highest BCUT2D eigenvalue weighted by Crippen LogP contribution is 2.17. The number of methoxy groups -OCH3 is 2. The van der Waals surface area contributed by atoms with Gasteiger partial charge in [0.05, 0.1) is 6.61 Å². The largest absolute Gasteiger partial charge is 0.384 e. The van der Waals surface area contributed by atoms with E-state index in [1.165, 1.54) is 0 Å². The number of nitrogens with zero attached hydrogens (tertiary/aromatic N) is 4. The Morgan fingerprint density at radius 1 is 1.00 bits per heavy atom. The first-order chi connectivity index (χ1) is 10.2. The third-order valence-corrected chi connectivity index (χ3v) is 2.90. The summed E-state index contributed by atoms with van der Waals surface area (Å²) >= 11 is 0. The Kier molecular flexibility index (Phi) is 5.59. The molecule has 0 spiro atoms. The molecule has 0 saturated heterocycles. The smallest absolute Gasteiger partial charge is 0.230 e. The molecule has 1 aromatic heterocycles. The molecule has 0 aliphatic heterocycles. The summed E-state index contributed by atoms with van der Waals surface area (Å²) in [6.45, 7) is 0.994. The zero-order valence-corrected chi connectivity index (χ0v) is 12.6. The molecule has 0 saturated carbocycles. The second-order valence-electron chi connectivity index (χ2n) is 4.60. The number of hydrogen-bond acceptors (Lipinski definition) is 6. The van der Waals surface area contributed by atoms with E-state index in [1.807, 2.05) is 42.3 Å². The van der Waals surface area contributed by atoms with Crippen LogP contribution in [0.3, 0.4) is 0 Å². The third-order valence-electron chi connectivity index (χ3n) is 2.90. The summed E-state index contributed by atoms with van der Waals surface area (Å²) in [5, 5.41) is 0. The summed E-state index contributed by atoms with van der Waals surface area (Å²) < 4.78 is 10.2. The molecule has 0 radical (unpaired) electrons. The average molecular weight is 288 g/mol. The molecular weight excluding hydrogens is 268 g/mol. The molecule has 0 bridgehead atoms. The lowest BCUT2D eigenvalue weighted by molar-refractivity contribution is 0.198. The van der Waals surface area contributed by atoms with Gasteiger partial charge in [0.15, 0.2) is 5.82 Å². The molecule has 2 aromatic rings. The van der Waals surface area contributed by atoms with Crippen LogP contribution in [-0.4, -0.2) is 49.6 Å². The fraction of sp³-hybridized carbons (Fsp3) is 0.400. The van der Waals surface area contributed by atoms with Crippen LogP contribution in [-0.2, 0) is 15.9 Å². The Labute approximate surface area is 124 Å². The first-order valence-electron chi connectivity index (χ1n) is 6.74. The van der Waals surface area contributed by atoms with Gasteiger partial charge in [0.1, 0.15) is 12.6 Å². The van der Waals surface area contributed by atoms with Crippen molar-refractivity contribution >= 4 is 5.95 Å². The van der Waals surface area contributed by atoms with Crippen molar-refractivity contribution in [2.24, 2.45) is 0 Å². The van der Waals surface area contributed by atoms with Crippen LogP contribution in [0.4, 0.5) is 5.95 Å². The monoisotopic (exact) mass is 288 g/mol. The molecule has 0 atom stereocenters. The maximum atomic E-state index is 5.13.